The number of nitrogens with zero attached hydrogens (tertiary/aromatic N) is 2. The number of carbonyl (C=O) groups excluding carboxylic acids is 1. The molecule has 1 atom stereocenters. The molecule has 2 aromatic rings. The average molecular weight is 351 g/mol. The Kier molecular flexibility index (Phi) is 6.10. The Morgan fingerprint density at radius 3 is 2.35 bits per heavy atom. The summed E-state index contributed by atoms with van der Waals surface area (Å²) in [5, 5.41) is 0. The Bertz CT molecular complexity index is 720. The molecule has 0 unspecified atom stereocenters. The lowest BCUT2D eigenvalue weighted by molar-refractivity contribution is -0.133. The highest BCUT2D eigenvalue weighted by molar-refractivity contribution is 5.78. The third-order valence-corrected chi connectivity index (χ3v) is 5.77. The van der Waals surface area contributed by atoms with E-state index in [1.807, 2.05) is 18.0 Å². The minimum atomic E-state index is 0.110. The number of likely N-dealkylation sites (tertiary alicyclic amines) is 1. The Labute approximate surface area is 157 Å². The molecule has 3 heteroatoms. The van der Waals surface area contributed by atoms with Gasteiger partial charge in [0.25, 0.3) is 0 Å². The van der Waals surface area contributed by atoms with Crippen molar-refractivity contribution in [2.45, 2.75) is 38.1 Å². The zero-order valence-corrected chi connectivity index (χ0v) is 16.2. The van der Waals surface area contributed by atoms with Gasteiger partial charge in [-0.1, -0.05) is 54.6 Å². The molecule has 1 aliphatic heterocycles. The SMILES string of the molecule is Cc1ccccc1[C@H](CC(=O)N(C)C1CCN(C)CC1)c1ccccc1. The topological polar surface area (TPSA) is 23.6 Å². The van der Waals surface area contributed by atoms with Crippen LogP contribution in [0.1, 0.15) is 41.9 Å². The Balaban J connectivity index is 1.80. The predicted molar refractivity (Wildman–Crippen MR) is 107 cm³/mol. The van der Waals surface area contributed by atoms with Gasteiger partial charge in [-0.05, 0) is 56.6 Å². The van der Waals surface area contributed by atoms with Gasteiger partial charge in [0.05, 0.1) is 0 Å². The Hall–Kier alpha value is -2.13. The summed E-state index contributed by atoms with van der Waals surface area (Å²) >= 11 is 0. The van der Waals surface area contributed by atoms with E-state index in [1.165, 1.54) is 16.7 Å². The Morgan fingerprint density at radius 1 is 1.08 bits per heavy atom. The summed E-state index contributed by atoms with van der Waals surface area (Å²) in [6.07, 6.45) is 2.66. The number of benzene rings is 2. The standard InChI is InChI=1S/C23H30N2O/c1-18-9-7-8-12-21(18)22(19-10-5-4-6-11-19)17-23(26)25(3)20-13-15-24(2)16-14-20/h4-12,20,22H,13-17H2,1-3H3/t22-/m1/s1. The molecule has 2 aromatic carbocycles. The molecule has 26 heavy (non-hydrogen) atoms. The molecular weight excluding hydrogens is 320 g/mol. The highest BCUT2D eigenvalue weighted by Crippen LogP contribution is 2.31. The van der Waals surface area contributed by atoms with Crippen LogP contribution in [0.15, 0.2) is 54.6 Å². The van der Waals surface area contributed by atoms with E-state index in [0.717, 1.165) is 25.9 Å². The summed E-state index contributed by atoms with van der Waals surface area (Å²) in [4.78, 5) is 17.4. The van der Waals surface area contributed by atoms with Crippen molar-refractivity contribution in [3.05, 3.63) is 71.3 Å². The Morgan fingerprint density at radius 2 is 1.69 bits per heavy atom. The van der Waals surface area contributed by atoms with Crippen LogP contribution >= 0.6 is 0 Å². The first kappa shape index (κ1) is 18.7. The fourth-order valence-electron chi connectivity index (χ4n) is 3.97. The van der Waals surface area contributed by atoms with Crippen molar-refractivity contribution in [3.8, 4) is 0 Å². The maximum absolute atomic E-state index is 13.1. The number of hydrogen-bond acceptors (Lipinski definition) is 2. The quantitative estimate of drug-likeness (QED) is 0.811. The first-order valence-electron chi connectivity index (χ1n) is 9.61. The number of piperidine rings is 1. The van der Waals surface area contributed by atoms with Crippen LogP contribution in [-0.4, -0.2) is 48.9 Å². The molecule has 0 radical (unpaired) electrons. The predicted octanol–water partition coefficient (Wildman–Crippen LogP) is 4.07. The van der Waals surface area contributed by atoms with E-state index >= 15 is 0 Å². The summed E-state index contributed by atoms with van der Waals surface area (Å²) in [5.41, 5.74) is 3.71. The lowest BCUT2D eigenvalue weighted by Crippen LogP contribution is -2.44. The number of amides is 1. The first-order chi connectivity index (χ1) is 12.6. The van der Waals surface area contributed by atoms with Gasteiger partial charge < -0.3 is 9.80 Å². The highest BCUT2D eigenvalue weighted by atomic mass is 16.2. The van der Waals surface area contributed by atoms with Gasteiger partial charge in [-0.15, -0.1) is 0 Å². The van der Waals surface area contributed by atoms with Gasteiger partial charge in [0.1, 0.15) is 0 Å². The van der Waals surface area contributed by atoms with Crippen molar-refractivity contribution < 1.29 is 4.79 Å². The summed E-state index contributed by atoms with van der Waals surface area (Å²) < 4.78 is 0. The van der Waals surface area contributed by atoms with Crippen LogP contribution in [0, 0.1) is 6.92 Å². The molecule has 1 amide bonds. The van der Waals surface area contributed by atoms with Gasteiger partial charge >= 0.3 is 0 Å². The van der Waals surface area contributed by atoms with Crippen LogP contribution in [0.5, 0.6) is 0 Å². The largest absolute Gasteiger partial charge is 0.343 e. The smallest absolute Gasteiger partial charge is 0.223 e. The second-order valence-corrected chi connectivity index (χ2v) is 7.56. The summed E-state index contributed by atoms with van der Waals surface area (Å²) in [6, 6.07) is 19.2. The summed E-state index contributed by atoms with van der Waals surface area (Å²) in [6.45, 7) is 4.28. The molecule has 0 spiro atoms. The lowest BCUT2D eigenvalue weighted by Gasteiger charge is -2.36. The van der Waals surface area contributed by atoms with Gasteiger partial charge in [0.2, 0.25) is 5.91 Å². The van der Waals surface area contributed by atoms with E-state index in [-0.39, 0.29) is 11.8 Å². The van der Waals surface area contributed by atoms with Crippen molar-refractivity contribution >= 4 is 5.91 Å². The average Bonchev–Trinajstić information content (AvgIpc) is 2.67. The zero-order chi connectivity index (χ0) is 18.5. The van der Waals surface area contributed by atoms with Crippen LogP contribution in [0.2, 0.25) is 0 Å². The molecule has 1 heterocycles. The van der Waals surface area contributed by atoms with E-state index < -0.39 is 0 Å². The van der Waals surface area contributed by atoms with Gasteiger partial charge in [-0.25, -0.2) is 0 Å². The monoisotopic (exact) mass is 350 g/mol. The molecule has 0 aromatic heterocycles. The van der Waals surface area contributed by atoms with E-state index in [2.05, 4.69) is 67.4 Å². The third-order valence-electron chi connectivity index (χ3n) is 5.77. The normalized spacial score (nSPS) is 17.0. The lowest BCUT2D eigenvalue weighted by atomic mass is 9.85. The number of rotatable bonds is 5. The van der Waals surface area contributed by atoms with Gasteiger partial charge in [0.15, 0.2) is 0 Å². The fraction of sp³-hybridized carbons (Fsp3) is 0.435. The van der Waals surface area contributed by atoms with Crippen molar-refractivity contribution in [1.82, 2.24) is 9.80 Å². The molecule has 0 aliphatic carbocycles. The van der Waals surface area contributed by atoms with Crippen LogP contribution in [0.25, 0.3) is 0 Å². The second kappa shape index (κ2) is 8.50. The minimum Gasteiger partial charge on any atom is -0.343 e. The maximum Gasteiger partial charge on any atom is 0.223 e. The fourth-order valence-corrected chi connectivity index (χ4v) is 3.97. The molecule has 3 rings (SSSR count). The highest BCUT2D eigenvalue weighted by Gasteiger charge is 2.27. The van der Waals surface area contributed by atoms with E-state index in [9.17, 15) is 4.79 Å². The third kappa shape index (κ3) is 4.34. The van der Waals surface area contributed by atoms with Crippen molar-refractivity contribution in [1.29, 1.82) is 0 Å². The van der Waals surface area contributed by atoms with Crippen LogP contribution in [0.4, 0.5) is 0 Å². The molecule has 3 nitrogen and oxygen atoms in total. The molecule has 1 fully saturated rings. The van der Waals surface area contributed by atoms with E-state index in [0.29, 0.717) is 12.5 Å². The maximum atomic E-state index is 13.1. The summed E-state index contributed by atoms with van der Waals surface area (Å²) in [5.74, 6) is 0.357. The van der Waals surface area contributed by atoms with Gasteiger partial charge in [-0.3, -0.25) is 4.79 Å². The summed E-state index contributed by atoms with van der Waals surface area (Å²) in [7, 11) is 4.14. The van der Waals surface area contributed by atoms with Crippen LogP contribution in [0.3, 0.4) is 0 Å². The number of hydrogen-bond donors (Lipinski definition) is 0. The van der Waals surface area contributed by atoms with E-state index in [1.54, 1.807) is 0 Å². The molecular formula is C23H30N2O. The molecule has 1 saturated heterocycles. The second-order valence-electron chi connectivity index (χ2n) is 7.56. The molecule has 0 N–H and O–H groups in total. The van der Waals surface area contributed by atoms with Crippen LogP contribution in [-0.2, 0) is 4.79 Å². The first-order valence-corrected chi connectivity index (χ1v) is 9.61. The molecule has 0 saturated carbocycles. The molecule has 0 bridgehead atoms. The number of aryl methyl sites for hydroxylation is 1. The minimum absolute atomic E-state index is 0.110. The van der Waals surface area contributed by atoms with Crippen LogP contribution < -0.4 is 0 Å². The van der Waals surface area contributed by atoms with Crippen molar-refractivity contribution in [3.63, 3.8) is 0 Å². The van der Waals surface area contributed by atoms with Crippen molar-refractivity contribution in [2.75, 3.05) is 27.2 Å². The van der Waals surface area contributed by atoms with Crippen molar-refractivity contribution in [2.24, 2.45) is 0 Å². The zero-order valence-electron chi connectivity index (χ0n) is 16.2. The molecule has 1 aliphatic rings. The van der Waals surface area contributed by atoms with E-state index in [4.69, 9.17) is 0 Å². The molecule has 138 valence electrons. The number of carbonyl (C=O) groups is 1. The van der Waals surface area contributed by atoms with Gasteiger partial charge in [-0.2, -0.15) is 0 Å². The van der Waals surface area contributed by atoms with Gasteiger partial charge in [0, 0.05) is 25.4 Å².